The zero-order valence-electron chi connectivity index (χ0n) is 16.4. The quantitative estimate of drug-likeness (QED) is 0.616. The van der Waals surface area contributed by atoms with Gasteiger partial charge in [0.05, 0.1) is 11.4 Å². The number of rotatable bonds is 6. The lowest BCUT2D eigenvalue weighted by molar-refractivity contribution is -0.132. The van der Waals surface area contributed by atoms with E-state index >= 15 is 0 Å². The summed E-state index contributed by atoms with van der Waals surface area (Å²) < 4.78 is 5.21. The van der Waals surface area contributed by atoms with Crippen molar-refractivity contribution in [2.24, 2.45) is 5.92 Å². The van der Waals surface area contributed by atoms with Gasteiger partial charge in [-0.15, -0.1) is 11.3 Å². The number of benzene rings is 1. The van der Waals surface area contributed by atoms with Gasteiger partial charge >= 0.3 is 0 Å². The van der Waals surface area contributed by atoms with E-state index in [4.69, 9.17) is 4.52 Å². The molecule has 3 aromatic rings. The summed E-state index contributed by atoms with van der Waals surface area (Å²) in [4.78, 5) is 31.9. The Morgan fingerprint density at radius 1 is 1.17 bits per heavy atom. The summed E-state index contributed by atoms with van der Waals surface area (Å²) in [5.41, 5.74) is 0.989. The SMILES string of the molecule is O=C(NCc1nc(-c2cccs2)no1)C1CCN(C(=O)/C=C\c2ccccc2)CC1. The fourth-order valence-electron chi connectivity index (χ4n) is 3.34. The van der Waals surface area contributed by atoms with Crippen LogP contribution in [-0.2, 0) is 16.1 Å². The van der Waals surface area contributed by atoms with Crippen LogP contribution in [0, 0.1) is 5.92 Å². The molecule has 0 saturated carbocycles. The molecule has 3 heterocycles. The van der Waals surface area contributed by atoms with Crippen LogP contribution in [0.2, 0.25) is 0 Å². The van der Waals surface area contributed by atoms with Gasteiger partial charge in [-0.3, -0.25) is 9.59 Å². The van der Waals surface area contributed by atoms with Gasteiger partial charge in [0.2, 0.25) is 23.5 Å². The van der Waals surface area contributed by atoms with Crippen LogP contribution in [-0.4, -0.2) is 39.9 Å². The second-order valence-corrected chi connectivity index (χ2v) is 8.00. The molecule has 30 heavy (non-hydrogen) atoms. The van der Waals surface area contributed by atoms with Crippen LogP contribution >= 0.6 is 11.3 Å². The first-order valence-corrected chi connectivity index (χ1v) is 10.7. The molecule has 1 fully saturated rings. The number of nitrogens with one attached hydrogen (secondary N) is 1. The maximum Gasteiger partial charge on any atom is 0.246 e. The molecule has 0 unspecified atom stereocenters. The summed E-state index contributed by atoms with van der Waals surface area (Å²) in [7, 11) is 0. The van der Waals surface area contributed by atoms with Gasteiger partial charge in [0.15, 0.2) is 0 Å². The lowest BCUT2D eigenvalue weighted by atomic mass is 9.96. The maximum absolute atomic E-state index is 12.5. The van der Waals surface area contributed by atoms with E-state index in [-0.39, 0.29) is 24.3 Å². The van der Waals surface area contributed by atoms with Gasteiger partial charge in [-0.1, -0.05) is 41.6 Å². The van der Waals surface area contributed by atoms with E-state index in [1.165, 1.54) is 11.3 Å². The van der Waals surface area contributed by atoms with Crippen LogP contribution < -0.4 is 5.32 Å². The van der Waals surface area contributed by atoms with E-state index in [1.54, 1.807) is 11.0 Å². The highest BCUT2D eigenvalue weighted by Crippen LogP contribution is 2.21. The Morgan fingerprint density at radius 2 is 1.97 bits per heavy atom. The van der Waals surface area contributed by atoms with Crippen molar-refractivity contribution in [2.45, 2.75) is 19.4 Å². The van der Waals surface area contributed by atoms with Gasteiger partial charge in [0, 0.05) is 25.1 Å². The van der Waals surface area contributed by atoms with E-state index in [0.717, 1.165) is 10.4 Å². The molecule has 8 heteroatoms. The van der Waals surface area contributed by atoms with Crippen LogP contribution in [0.15, 0.2) is 58.4 Å². The normalized spacial score (nSPS) is 14.9. The summed E-state index contributed by atoms with van der Waals surface area (Å²) in [6, 6.07) is 13.6. The zero-order valence-corrected chi connectivity index (χ0v) is 17.2. The molecule has 7 nitrogen and oxygen atoms in total. The molecular weight excluding hydrogens is 400 g/mol. The molecule has 1 aliphatic heterocycles. The second kappa shape index (κ2) is 9.49. The molecule has 1 saturated heterocycles. The molecule has 4 rings (SSSR count). The number of amides is 2. The summed E-state index contributed by atoms with van der Waals surface area (Å²) >= 11 is 1.53. The topological polar surface area (TPSA) is 88.3 Å². The van der Waals surface area contributed by atoms with E-state index < -0.39 is 0 Å². The first kappa shape index (κ1) is 20.0. The Labute approximate surface area is 178 Å². The van der Waals surface area contributed by atoms with Crippen molar-refractivity contribution in [3.8, 4) is 10.7 Å². The molecule has 0 aliphatic carbocycles. The Morgan fingerprint density at radius 3 is 2.70 bits per heavy atom. The molecule has 154 valence electrons. The van der Waals surface area contributed by atoms with E-state index in [0.29, 0.717) is 37.6 Å². The molecule has 0 bridgehead atoms. The summed E-state index contributed by atoms with van der Waals surface area (Å²) in [6.07, 6.45) is 4.69. The summed E-state index contributed by atoms with van der Waals surface area (Å²) in [5, 5.41) is 8.76. The summed E-state index contributed by atoms with van der Waals surface area (Å²) in [5.74, 6) is 0.726. The van der Waals surface area contributed by atoms with Gasteiger partial charge in [0.1, 0.15) is 0 Å². The second-order valence-electron chi connectivity index (χ2n) is 7.05. The number of nitrogens with zero attached hydrogens (tertiary/aromatic N) is 3. The molecule has 0 radical (unpaired) electrons. The van der Waals surface area contributed by atoms with E-state index in [2.05, 4.69) is 15.5 Å². The number of hydrogen-bond acceptors (Lipinski definition) is 6. The van der Waals surface area contributed by atoms with E-state index in [1.807, 2.05) is 53.9 Å². The fraction of sp³-hybridized carbons (Fsp3) is 0.273. The van der Waals surface area contributed by atoms with Crippen LogP contribution in [0.5, 0.6) is 0 Å². The van der Waals surface area contributed by atoms with Gasteiger partial charge in [-0.25, -0.2) is 0 Å². The highest BCUT2D eigenvalue weighted by molar-refractivity contribution is 7.13. The molecule has 1 aliphatic rings. The monoisotopic (exact) mass is 422 g/mol. The highest BCUT2D eigenvalue weighted by Gasteiger charge is 2.26. The number of piperidine rings is 1. The molecule has 2 aromatic heterocycles. The van der Waals surface area contributed by atoms with Crippen LogP contribution in [0.1, 0.15) is 24.3 Å². The average molecular weight is 423 g/mol. The number of likely N-dealkylation sites (tertiary alicyclic amines) is 1. The van der Waals surface area contributed by atoms with Crippen molar-refractivity contribution in [1.82, 2.24) is 20.4 Å². The largest absolute Gasteiger partial charge is 0.347 e. The minimum atomic E-state index is -0.119. The number of carbonyl (C=O) groups excluding carboxylic acids is 2. The van der Waals surface area contributed by atoms with E-state index in [9.17, 15) is 9.59 Å². The maximum atomic E-state index is 12.5. The third-order valence-electron chi connectivity index (χ3n) is 5.02. The Hall–Kier alpha value is -3.26. The van der Waals surface area contributed by atoms with Crippen LogP contribution in [0.3, 0.4) is 0 Å². The molecule has 1 aromatic carbocycles. The summed E-state index contributed by atoms with van der Waals surface area (Å²) in [6.45, 7) is 1.34. The Kier molecular flexibility index (Phi) is 6.34. The van der Waals surface area contributed by atoms with Gasteiger partial charge in [0.25, 0.3) is 0 Å². The number of thiophene rings is 1. The smallest absolute Gasteiger partial charge is 0.246 e. The van der Waals surface area contributed by atoms with Gasteiger partial charge < -0.3 is 14.7 Å². The predicted molar refractivity (Wildman–Crippen MR) is 114 cm³/mol. The minimum absolute atomic E-state index is 0.0234. The lowest BCUT2D eigenvalue weighted by Gasteiger charge is -2.30. The standard InChI is InChI=1S/C22H22N4O3S/c27-20(9-8-16-5-2-1-3-6-16)26-12-10-17(11-13-26)22(28)23-15-19-24-21(25-29-19)18-7-4-14-30-18/h1-9,14,17H,10-13,15H2,(H,23,28)/b9-8-. The third-order valence-corrected chi connectivity index (χ3v) is 5.88. The van der Waals surface area contributed by atoms with Crippen LogP contribution in [0.4, 0.5) is 0 Å². The number of hydrogen-bond donors (Lipinski definition) is 1. The first-order chi connectivity index (χ1) is 14.7. The first-order valence-electron chi connectivity index (χ1n) is 9.85. The van der Waals surface area contributed by atoms with Crippen molar-refractivity contribution < 1.29 is 14.1 Å². The Balaban J connectivity index is 1.22. The fourth-order valence-corrected chi connectivity index (χ4v) is 3.99. The lowest BCUT2D eigenvalue weighted by Crippen LogP contribution is -2.42. The molecule has 2 amide bonds. The predicted octanol–water partition coefficient (Wildman–Crippen LogP) is 3.37. The van der Waals surface area contributed by atoms with Crippen molar-refractivity contribution in [3.05, 3.63) is 65.4 Å². The van der Waals surface area contributed by atoms with Crippen molar-refractivity contribution >= 4 is 29.2 Å². The number of carbonyl (C=O) groups is 2. The molecular formula is C22H22N4O3S. The highest BCUT2D eigenvalue weighted by atomic mass is 32.1. The van der Waals surface area contributed by atoms with Gasteiger partial charge in [-0.2, -0.15) is 4.98 Å². The number of aromatic nitrogens is 2. The third kappa shape index (κ3) is 5.01. The van der Waals surface area contributed by atoms with Gasteiger partial charge in [-0.05, 0) is 35.9 Å². The van der Waals surface area contributed by atoms with Crippen LogP contribution in [0.25, 0.3) is 16.8 Å². The van der Waals surface area contributed by atoms with Crippen molar-refractivity contribution in [2.75, 3.05) is 13.1 Å². The molecule has 0 atom stereocenters. The zero-order chi connectivity index (χ0) is 20.8. The molecule has 0 spiro atoms. The minimum Gasteiger partial charge on any atom is -0.347 e. The molecule has 1 N–H and O–H groups in total. The average Bonchev–Trinajstić information content (AvgIpc) is 3.48. The van der Waals surface area contributed by atoms with Crippen molar-refractivity contribution in [1.29, 1.82) is 0 Å². The van der Waals surface area contributed by atoms with Crippen molar-refractivity contribution in [3.63, 3.8) is 0 Å². The Bertz CT molecular complexity index is 1010.